The lowest BCUT2D eigenvalue weighted by atomic mass is 10.2. The summed E-state index contributed by atoms with van der Waals surface area (Å²) in [6, 6.07) is 14.6. The van der Waals surface area contributed by atoms with Crippen LogP contribution in [0.15, 0.2) is 65.4 Å². The van der Waals surface area contributed by atoms with Crippen LogP contribution in [0.5, 0.6) is 11.5 Å². The second-order valence-electron chi connectivity index (χ2n) is 6.36. The molecule has 1 aromatic heterocycles. The molecule has 0 aliphatic carbocycles. The van der Waals surface area contributed by atoms with E-state index in [9.17, 15) is 8.78 Å². The van der Waals surface area contributed by atoms with Crippen LogP contribution < -0.4 is 14.8 Å². The molecule has 0 bridgehead atoms. The van der Waals surface area contributed by atoms with Crippen LogP contribution >= 0.6 is 15.9 Å². The molecule has 1 N–H and O–H groups in total. The number of fused-ring (bicyclic) bond motifs is 1. The number of anilines is 2. The van der Waals surface area contributed by atoms with Gasteiger partial charge in [-0.3, -0.25) is 0 Å². The van der Waals surface area contributed by atoms with Gasteiger partial charge in [-0.2, -0.15) is 0 Å². The van der Waals surface area contributed by atoms with Gasteiger partial charge >= 0.3 is 0 Å². The van der Waals surface area contributed by atoms with Gasteiger partial charge in [-0.1, -0.05) is 22.0 Å². The molecule has 5 nitrogen and oxygen atoms in total. The molecule has 152 valence electrons. The summed E-state index contributed by atoms with van der Waals surface area (Å²) in [5.41, 5.74) is 1.37. The molecular formula is C22H16BrF2N3O2. The average molecular weight is 472 g/mol. The maximum Gasteiger partial charge on any atom is 0.162 e. The Bertz CT molecular complexity index is 1200. The van der Waals surface area contributed by atoms with Gasteiger partial charge in [0, 0.05) is 21.6 Å². The number of hydrogen-bond donors (Lipinski definition) is 1. The van der Waals surface area contributed by atoms with E-state index in [4.69, 9.17) is 9.47 Å². The first-order valence-corrected chi connectivity index (χ1v) is 9.75. The highest BCUT2D eigenvalue weighted by atomic mass is 79.9. The number of methoxy groups -OCH3 is 1. The second-order valence-corrected chi connectivity index (χ2v) is 7.28. The first-order valence-electron chi connectivity index (χ1n) is 8.96. The zero-order valence-electron chi connectivity index (χ0n) is 15.8. The Kier molecular flexibility index (Phi) is 5.76. The molecule has 8 heteroatoms. The normalized spacial score (nSPS) is 10.8. The minimum absolute atomic E-state index is 0.139. The van der Waals surface area contributed by atoms with E-state index in [1.165, 1.54) is 31.6 Å². The van der Waals surface area contributed by atoms with Crippen molar-refractivity contribution in [2.24, 2.45) is 0 Å². The summed E-state index contributed by atoms with van der Waals surface area (Å²) < 4.78 is 39.5. The quantitative estimate of drug-likeness (QED) is 0.373. The van der Waals surface area contributed by atoms with E-state index in [-0.39, 0.29) is 12.2 Å². The van der Waals surface area contributed by atoms with Crippen molar-refractivity contribution in [3.8, 4) is 11.5 Å². The number of nitrogens with one attached hydrogen (secondary N) is 1. The first kappa shape index (κ1) is 20.0. The Morgan fingerprint density at radius 1 is 0.967 bits per heavy atom. The van der Waals surface area contributed by atoms with Crippen molar-refractivity contribution in [3.63, 3.8) is 0 Å². The van der Waals surface area contributed by atoms with Gasteiger partial charge in [0.2, 0.25) is 0 Å². The zero-order chi connectivity index (χ0) is 21.1. The Hall–Kier alpha value is -3.26. The highest BCUT2D eigenvalue weighted by molar-refractivity contribution is 9.10. The molecule has 0 radical (unpaired) electrons. The Morgan fingerprint density at radius 3 is 2.53 bits per heavy atom. The number of halogens is 3. The first-order chi connectivity index (χ1) is 14.5. The molecular weight excluding hydrogens is 456 g/mol. The lowest BCUT2D eigenvalue weighted by Crippen LogP contribution is -2.03. The number of ether oxygens (including phenoxy) is 2. The van der Waals surface area contributed by atoms with Gasteiger partial charge in [-0.05, 0) is 42.5 Å². The molecule has 0 unspecified atom stereocenters. The molecule has 0 saturated carbocycles. The number of aromatic nitrogens is 2. The van der Waals surface area contributed by atoms with E-state index in [1.807, 2.05) is 18.2 Å². The fourth-order valence-corrected chi connectivity index (χ4v) is 3.31. The summed E-state index contributed by atoms with van der Waals surface area (Å²) in [5.74, 6) is 0.0887. The SMILES string of the molecule is COc1cc(Nc2ncnc3ccc(Br)cc23)ccc1OCc1c(F)cccc1F. The standard InChI is InChI=1S/C22H16BrF2N3O2/c1-29-21-10-14(28-22-15-9-13(23)5-7-19(15)26-12-27-22)6-8-20(21)30-11-16-17(24)3-2-4-18(16)25/h2-10,12H,11H2,1H3,(H,26,27,28). The number of hydrogen-bond acceptors (Lipinski definition) is 5. The van der Waals surface area contributed by atoms with Crippen molar-refractivity contribution in [1.29, 1.82) is 0 Å². The molecule has 0 spiro atoms. The molecule has 0 fully saturated rings. The monoisotopic (exact) mass is 471 g/mol. The molecule has 3 aromatic carbocycles. The maximum atomic E-state index is 13.8. The Balaban J connectivity index is 1.58. The number of nitrogens with zero attached hydrogens (tertiary/aromatic N) is 2. The fourth-order valence-electron chi connectivity index (χ4n) is 2.95. The van der Waals surface area contributed by atoms with Crippen molar-refractivity contribution in [2.45, 2.75) is 6.61 Å². The minimum atomic E-state index is -0.658. The van der Waals surface area contributed by atoms with E-state index in [1.54, 1.807) is 18.2 Å². The van der Waals surface area contributed by atoms with Crippen LogP contribution in [0, 0.1) is 11.6 Å². The molecule has 30 heavy (non-hydrogen) atoms. The summed E-state index contributed by atoms with van der Waals surface area (Å²) in [6.45, 7) is -0.258. The summed E-state index contributed by atoms with van der Waals surface area (Å²) in [7, 11) is 1.49. The van der Waals surface area contributed by atoms with Crippen LogP contribution in [-0.2, 0) is 6.61 Å². The maximum absolute atomic E-state index is 13.8. The summed E-state index contributed by atoms with van der Waals surface area (Å²) in [6.07, 6.45) is 1.48. The van der Waals surface area contributed by atoms with Gasteiger partial charge in [0.25, 0.3) is 0 Å². The van der Waals surface area contributed by atoms with Crippen LogP contribution in [0.4, 0.5) is 20.3 Å². The zero-order valence-corrected chi connectivity index (χ0v) is 17.4. The molecule has 1 heterocycles. The van der Waals surface area contributed by atoms with E-state index in [0.717, 1.165) is 15.4 Å². The summed E-state index contributed by atoms with van der Waals surface area (Å²) in [4.78, 5) is 8.58. The average Bonchev–Trinajstić information content (AvgIpc) is 2.74. The van der Waals surface area contributed by atoms with Crippen molar-refractivity contribution < 1.29 is 18.3 Å². The fraction of sp³-hybridized carbons (Fsp3) is 0.0909. The minimum Gasteiger partial charge on any atom is -0.493 e. The van der Waals surface area contributed by atoms with Crippen LogP contribution in [0.3, 0.4) is 0 Å². The van der Waals surface area contributed by atoms with Gasteiger partial charge < -0.3 is 14.8 Å². The van der Waals surface area contributed by atoms with E-state index >= 15 is 0 Å². The lowest BCUT2D eigenvalue weighted by molar-refractivity contribution is 0.274. The Morgan fingerprint density at radius 2 is 1.77 bits per heavy atom. The van der Waals surface area contributed by atoms with Crippen LogP contribution in [0.2, 0.25) is 0 Å². The van der Waals surface area contributed by atoms with Gasteiger partial charge in [-0.15, -0.1) is 0 Å². The van der Waals surface area contributed by atoms with E-state index < -0.39 is 11.6 Å². The molecule has 0 amide bonds. The molecule has 0 saturated heterocycles. The smallest absolute Gasteiger partial charge is 0.162 e. The highest BCUT2D eigenvalue weighted by Crippen LogP contribution is 2.33. The van der Waals surface area contributed by atoms with Gasteiger partial charge in [0.05, 0.1) is 18.2 Å². The van der Waals surface area contributed by atoms with Crippen molar-refractivity contribution in [3.05, 3.63) is 82.6 Å². The van der Waals surface area contributed by atoms with E-state index in [0.29, 0.717) is 23.0 Å². The number of benzene rings is 3. The van der Waals surface area contributed by atoms with Gasteiger partial charge in [0.15, 0.2) is 11.5 Å². The molecule has 4 rings (SSSR count). The summed E-state index contributed by atoms with van der Waals surface area (Å²) >= 11 is 3.46. The van der Waals surface area contributed by atoms with Crippen molar-refractivity contribution in [2.75, 3.05) is 12.4 Å². The molecule has 4 aromatic rings. The molecule has 0 atom stereocenters. The third kappa shape index (κ3) is 4.18. The van der Waals surface area contributed by atoms with Crippen LogP contribution in [0.1, 0.15) is 5.56 Å². The predicted molar refractivity (Wildman–Crippen MR) is 114 cm³/mol. The second kappa shape index (κ2) is 8.62. The third-order valence-electron chi connectivity index (χ3n) is 4.46. The third-order valence-corrected chi connectivity index (χ3v) is 4.95. The van der Waals surface area contributed by atoms with Crippen molar-refractivity contribution >= 4 is 38.3 Å². The lowest BCUT2D eigenvalue weighted by Gasteiger charge is -2.14. The largest absolute Gasteiger partial charge is 0.493 e. The predicted octanol–water partition coefficient (Wildman–Crippen LogP) is 6.00. The Labute approximate surface area is 179 Å². The molecule has 0 aliphatic rings. The summed E-state index contributed by atoms with van der Waals surface area (Å²) in [5, 5.41) is 4.09. The van der Waals surface area contributed by atoms with E-state index in [2.05, 4.69) is 31.2 Å². The highest BCUT2D eigenvalue weighted by Gasteiger charge is 2.12. The van der Waals surface area contributed by atoms with Crippen molar-refractivity contribution in [1.82, 2.24) is 9.97 Å². The van der Waals surface area contributed by atoms with Gasteiger partial charge in [-0.25, -0.2) is 18.7 Å². The van der Waals surface area contributed by atoms with Gasteiger partial charge in [0.1, 0.15) is 30.4 Å². The number of rotatable bonds is 6. The van der Waals surface area contributed by atoms with Crippen LogP contribution in [0.25, 0.3) is 10.9 Å². The topological polar surface area (TPSA) is 56.3 Å². The molecule has 0 aliphatic heterocycles. The van der Waals surface area contributed by atoms with Crippen LogP contribution in [-0.4, -0.2) is 17.1 Å².